The molecule has 0 aliphatic carbocycles. The number of rotatable bonds is 7. The Balaban J connectivity index is 1.90. The summed E-state index contributed by atoms with van der Waals surface area (Å²) in [6.45, 7) is 8.53. The molecule has 2 aromatic rings. The van der Waals surface area contributed by atoms with Crippen molar-refractivity contribution in [3.05, 3.63) is 64.7 Å². The van der Waals surface area contributed by atoms with Crippen molar-refractivity contribution in [2.24, 2.45) is 0 Å². The molecule has 0 aliphatic rings. The number of nitrogens with zero attached hydrogens (tertiary/aromatic N) is 1. The number of carbonyl (C=O) groups is 3. The van der Waals surface area contributed by atoms with Gasteiger partial charge >= 0.3 is 5.97 Å². The normalized spacial score (nSPS) is 10.3. The quantitative estimate of drug-likeness (QED) is 0.743. The topological polar surface area (TPSA) is 75.7 Å². The van der Waals surface area contributed by atoms with Crippen LogP contribution in [0.4, 0.5) is 5.69 Å². The summed E-state index contributed by atoms with van der Waals surface area (Å²) in [5.41, 5.74) is 3.42. The fourth-order valence-corrected chi connectivity index (χ4v) is 2.89. The Morgan fingerprint density at radius 2 is 1.46 bits per heavy atom. The summed E-state index contributed by atoms with van der Waals surface area (Å²) in [6.07, 6.45) is 0. The second-order valence-electron chi connectivity index (χ2n) is 6.56. The van der Waals surface area contributed by atoms with E-state index in [4.69, 9.17) is 4.74 Å². The lowest BCUT2D eigenvalue weighted by molar-refractivity contribution is -0.119. The molecule has 0 saturated heterocycles. The van der Waals surface area contributed by atoms with Crippen molar-refractivity contribution in [1.29, 1.82) is 0 Å². The number of ether oxygens (including phenoxy) is 1. The van der Waals surface area contributed by atoms with Crippen molar-refractivity contribution in [2.75, 3.05) is 25.0 Å². The molecule has 0 radical (unpaired) electrons. The van der Waals surface area contributed by atoms with Crippen LogP contribution in [0, 0.1) is 13.8 Å². The van der Waals surface area contributed by atoms with Gasteiger partial charge in [-0.25, -0.2) is 4.79 Å². The molecule has 0 saturated carbocycles. The van der Waals surface area contributed by atoms with E-state index in [9.17, 15) is 14.4 Å². The van der Waals surface area contributed by atoms with Gasteiger partial charge in [0.1, 0.15) is 0 Å². The van der Waals surface area contributed by atoms with Crippen LogP contribution < -0.4 is 5.32 Å². The summed E-state index contributed by atoms with van der Waals surface area (Å²) < 4.78 is 5.08. The molecule has 0 spiro atoms. The maximum Gasteiger partial charge on any atom is 0.338 e. The number of hydrogen-bond acceptors (Lipinski definition) is 4. The molecule has 28 heavy (non-hydrogen) atoms. The second kappa shape index (κ2) is 9.69. The molecule has 148 valence electrons. The third kappa shape index (κ3) is 5.67. The Kier molecular flexibility index (Phi) is 7.32. The van der Waals surface area contributed by atoms with Crippen LogP contribution in [0.5, 0.6) is 0 Å². The smallest absolute Gasteiger partial charge is 0.338 e. The van der Waals surface area contributed by atoms with Gasteiger partial charge < -0.3 is 15.0 Å². The van der Waals surface area contributed by atoms with E-state index >= 15 is 0 Å². The van der Waals surface area contributed by atoms with E-state index in [2.05, 4.69) is 5.32 Å². The summed E-state index contributed by atoms with van der Waals surface area (Å²) >= 11 is 0. The van der Waals surface area contributed by atoms with E-state index in [-0.39, 0.29) is 12.5 Å². The minimum Gasteiger partial charge on any atom is -0.452 e. The SMILES string of the molecule is CCN(CC)C(=O)c1ccc(NC(=O)COC(=O)c2cc(C)cc(C)c2)cc1. The standard InChI is InChI=1S/C22H26N2O4/c1-5-24(6-2)21(26)17-7-9-19(10-8-17)23-20(25)14-28-22(27)18-12-15(3)11-16(4)13-18/h7-13H,5-6,14H2,1-4H3,(H,23,25). The number of hydrogen-bond donors (Lipinski definition) is 1. The van der Waals surface area contributed by atoms with Gasteiger partial charge in [0.15, 0.2) is 6.61 Å². The molecule has 1 N–H and O–H groups in total. The highest BCUT2D eigenvalue weighted by Crippen LogP contribution is 2.13. The Bertz CT molecular complexity index is 835. The van der Waals surface area contributed by atoms with Crippen LogP contribution in [-0.2, 0) is 9.53 Å². The highest BCUT2D eigenvalue weighted by molar-refractivity contribution is 5.97. The van der Waals surface area contributed by atoms with Crippen molar-refractivity contribution >= 4 is 23.5 Å². The van der Waals surface area contributed by atoms with E-state index in [0.717, 1.165) is 11.1 Å². The number of aryl methyl sites for hydroxylation is 2. The zero-order valence-corrected chi connectivity index (χ0v) is 16.7. The lowest BCUT2D eigenvalue weighted by atomic mass is 10.1. The molecule has 6 nitrogen and oxygen atoms in total. The van der Waals surface area contributed by atoms with E-state index < -0.39 is 11.9 Å². The highest BCUT2D eigenvalue weighted by atomic mass is 16.5. The van der Waals surface area contributed by atoms with Crippen molar-refractivity contribution in [3.8, 4) is 0 Å². The van der Waals surface area contributed by atoms with Gasteiger partial charge in [-0.05, 0) is 64.1 Å². The van der Waals surface area contributed by atoms with Gasteiger partial charge in [0.25, 0.3) is 11.8 Å². The van der Waals surface area contributed by atoms with E-state index in [1.54, 1.807) is 41.3 Å². The first kappa shape index (κ1) is 21.2. The summed E-state index contributed by atoms with van der Waals surface area (Å²) in [5, 5.41) is 2.65. The second-order valence-corrected chi connectivity index (χ2v) is 6.56. The third-order valence-corrected chi connectivity index (χ3v) is 4.26. The third-order valence-electron chi connectivity index (χ3n) is 4.26. The molecule has 2 aromatic carbocycles. The fourth-order valence-electron chi connectivity index (χ4n) is 2.89. The molecule has 0 atom stereocenters. The molecule has 0 fully saturated rings. The maximum atomic E-state index is 12.3. The average molecular weight is 382 g/mol. The number of nitrogens with one attached hydrogen (secondary N) is 1. The fraction of sp³-hybridized carbons (Fsp3) is 0.318. The average Bonchev–Trinajstić information content (AvgIpc) is 2.66. The predicted molar refractivity (Wildman–Crippen MR) is 109 cm³/mol. The number of carbonyl (C=O) groups excluding carboxylic acids is 3. The number of anilines is 1. The van der Waals surface area contributed by atoms with Crippen LogP contribution in [0.15, 0.2) is 42.5 Å². The number of benzene rings is 2. The van der Waals surface area contributed by atoms with Gasteiger partial charge in [0, 0.05) is 24.3 Å². The van der Waals surface area contributed by atoms with Gasteiger partial charge in [0.2, 0.25) is 0 Å². The largest absolute Gasteiger partial charge is 0.452 e. The molecule has 0 heterocycles. The van der Waals surface area contributed by atoms with Gasteiger partial charge in [-0.3, -0.25) is 9.59 Å². The van der Waals surface area contributed by atoms with Gasteiger partial charge in [-0.2, -0.15) is 0 Å². The summed E-state index contributed by atoms with van der Waals surface area (Å²) in [4.78, 5) is 38.1. The van der Waals surface area contributed by atoms with Crippen LogP contribution in [0.2, 0.25) is 0 Å². The summed E-state index contributed by atoms with van der Waals surface area (Å²) in [6, 6.07) is 12.0. The van der Waals surface area contributed by atoms with Crippen molar-refractivity contribution in [3.63, 3.8) is 0 Å². The Hall–Kier alpha value is -3.15. The molecule has 2 rings (SSSR count). The van der Waals surface area contributed by atoms with Crippen molar-refractivity contribution in [2.45, 2.75) is 27.7 Å². The molecular formula is C22H26N2O4. The molecule has 0 bridgehead atoms. The van der Waals surface area contributed by atoms with Crippen molar-refractivity contribution < 1.29 is 19.1 Å². The molecule has 2 amide bonds. The Morgan fingerprint density at radius 1 is 0.893 bits per heavy atom. The number of amides is 2. The van der Waals surface area contributed by atoms with E-state index in [1.807, 2.05) is 33.8 Å². The van der Waals surface area contributed by atoms with Gasteiger partial charge in [-0.15, -0.1) is 0 Å². The zero-order valence-electron chi connectivity index (χ0n) is 16.7. The molecule has 6 heteroatoms. The molecular weight excluding hydrogens is 356 g/mol. The highest BCUT2D eigenvalue weighted by Gasteiger charge is 2.13. The predicted octanol–water partition coefficient (Wildman–Crippen LogP) is 3.58. The van der Waals surface area contributed by atoms with E-state index in [0.29, 0.717) is 29.9 Å². The first-order chi connectivity index (χ1) is 13.3. The van der Waals surface area contributed by atoms with Crippen LogP contribution in [0.3, 0.4) is 0 Å². The van der Waals surface area contributed by atoms with Crippen LogP contribution in [0.25, 0.3) is 0 Å². The Morgan fingerprint density at radius 3 is 2.00 bits per heavy atom. The first-order valence-electron chi connectivity index (χ1n) is 9.28. The van der Waals surface area contributed by atoms with E-state index in [1.165, 1.54) is 0 Å². The Labute approximate surface area is 165 Å². The molecule has 0 aliphatic heterocycles. The zero-order chi connectivity index (χ0) is 20.7. The minimum absolute atomic E-state index is 0.0507. The van der Waals surface area contributed by atoms with Gasteiger partial charge in [0.05, 0.1) is 5.56 Å². The lowest BCUT2D eigenvalue weighted by Gasteiger charge is -2.18. The summed E-state index contributed by atoms with van der Waals surface area (Å²) in [5.74, 6) is -1.03. The number of esters is 1. The molecule has 0 aromatic heterocycles. The van der Waals surface area contributed by atoms with Crippen LogP contribution in [-0.4, -0.2) is 42.4 Å². The first-order valence-corrected chi connectivity index (χ1v) is 9.28. The van der Waals surface area contributed by atoms with Crippen molar-refractivity contribution in [1.82, 2.24) is 4.90 Å². The molecule has 0 unspecified atom stereocenters. The maximum absolute atomic E-state index is 12.3. The minimum atomic E-state index is -0.540. The lowest BCUT2D eigenvalue weighted by Crippen LogP contribution is -2.30. The monoisotopic (exact) mass is 382 g/mol. The van der Waals surface area contributed by atoms with Crippen LogP contribution >= 0.6 is 0 Å². The van der Waals surface area contributed by atoms with Crippen LogP contribution in [0.1, 0.15) is 45.7 Å². The van der Waals surface area contributed by atoms with Gasteiger partial charge in [-0.1, -0.05) is 17.2 Å². The summed E-state index contributed by atoms with van der Waals surface area (Å²) in [7, 11) is 0.